The molecule has 1 fully saturated rings. The van der Waals surface area contributed by atoms with E-state index in [1.165, 1.54) is 32.7 Å². The van der Waals surface area contributed by atoms with Crippen LogP contribution in [0.3, 0.4) is 0 Å². The van der Waals surface area contributed by atoms with Gasteiger partial charge in [0.05, 0.1) is 56.7 Å². The van der Waals surface area contributed by atoms with Gasteiger partial charge in [-0.3, -0.25) is 14.5 Å². The van der Waals surface area contributed by atoms with E-state index in [1.54, 1.807) is 24.0 Å². The maximum atomic E-state index is 14.2. The lowest BCUT2D eigenvalue weighted by molar-refractivity contribution is -0.129. The highest BCUT2D eigenvalue weighted by atomic mass is 32.1. The molecule has 11 heteroatoms. The number of thiazole rings is 1. The lowest BCUT2D eigenvalue weighted by atomic mass is 9.94. The number of methoxy groups -OCH3 is 3. The van der Waals surface area contributed by atoms with Crippen LogP contribution in [-0.2, 0) is 9.53 Å². The molecule has 2 aromatic carbocycles. The van der Waals surface area contributed by atoms with Crippen LogP contribution in [0.5, 0.6) is 17.2 Å². The number of nitrogens with zero attached hydrogens (tertiary/aromatic N) is 3. The predicted molar refractivity (Wildman–Crippen MR) is 159 cm³/mol. The van der Waals surface area contributed by atoms with E-state index >= 15 is 0 Å². The second-order valence-corrected chi connectivity index (χ2v) is 11.1. The molecule has 10 nitrogen and oxygen atoms in total. The van der Waals surface area contributed by atoms with Gasteiger partial charge in [0.2, 0.25) is 11.5 Å². The summed E-state index contributed by atoms with van der Waals surface area (Å²) in [6.07, 6.45) is 0.652. The third-order valence-corrected chi connectivity index (χ3v) is 8.76. The lowest BCUT2D eigenvalue weighted by Crippen LogP contribution is -2.39. The molecule has 1 saturated heterocycles. The van der Waals surface area contributed by atoms with Crippen molar-refractivity contribution in [2.45, 2.75) is 19.4 Å². The van der Waals surface area contributed by atoms with Crippen LogP contribution < -0.4 is 14.2 Å². The highest BCUT2D eigenvalue weighted by Gasteiger charge is 2.45. The van der Waals surface area contributed by atoms with Crippen LogP contribution in [0.4, 0.5) is 0 Å². The Labute approximate surface area is 249 Å². The molecule has 1 amide bonds. The highest BCUT2D eigenvalue weighted by molar-refractivity contribution is 7.17. The molecule has 1 N–H and O–H groups in total. The largest absolute Gasteiger partial charge is 0.503 e. The number of benzene rings is 2. The quantitative estimate of drug-likeness (QED) is 0.323. The molecule has 0 spiro atoms. The number of aryl methyl sites for hydroxylation is 1. The van der Waals surface area contributed by atoms with Crippen molar-refractivity contribution in [2.75, 3.05) is 60.7 Å². The number of morpholine rings is 1. The van der Waals surface area contributed by atoms with Crippen molar-refractivity contribution in [3.63, 3.8) is 0 Å². The summed E-state index contributed by atoms with van der Waals surface area (Å²) in [5, 5.41) is 11.9. The SMILES string of the molecule is COc1cc(C2C(C(=O)c3sc(-c4ccccc4)nc3C)=C(O)C(=O)N2CCCN2CCOCC2)cc(OC)c1OC. The average molecular weight is 594 g/mol. The third-order valence-electron chi connectivity index (χ3n) is 7.55. The van der Waals surface area contributed by atoms with Crippen LogP contribution >= 0.6 is 11.3 Å². The number of carbonyl (C=O) groups is 2. The third kappa shape index (κ3) is 5.72. The molecule has 1 atom stereocenters. The van der Waals surface area contributed by atoms with Gasteiger partial charge in [-0.05, 0) is 31.0 Å². The van der Waals surface area contributed by atoms with Crippen molar-refractivity contribution in [3.05, 3.63) is 69.9 Å². The Bertz CT molecular complexity index is 1460. The maximum Gasteiger partial charge on any atom is 0.290 e. The van der Waals surface area contributed by atoms with Crippen LogP contribution in [0, 0.1) is 6.92 Å². The number of hydrogen-bond acceptors (Lipinski definition) is 10. The predicted octanol–water partition coefficient (Wildman–Crippen LogP) is 4.44. The van der Waals surface area contributed by atoms with Crippen molar-refractivity contribution in [3.8, 4) is 27.8 Å². The van der Waals surface area contributed by atoms with E-state index in [2.05, 4.69) is 9.88 Å². The molecule has 0 saturated carbocycles. The average Bonchev–Trinajstić information content (AvgIpc) is 3.53. The minimum Gasteiger partial charge on any atom is -0.503 e. The Hall–Kier alpha value is -3.93. The lowest BCUT2D eigenvalue weighted by Gasteiger charge is -2.30. The summed E-state index contributed by atoms with van der Waals surface area (Å²) >= 11 is 1.24. The van der Waals surface area contributed by atoms with Gasteiger partial charge in [-0.15, -0.1) is 11.3 Å². The van der Waals surface area contributed by atoms with Gasteiger partial charge in [0.25, 0.3) is 5.91 Å². The van der Waals surface area contributed by atoms with Crippen molar-refractivity contribution >= 4 is 23.0 Å². The van der Waals surface area contributed by atoms with Gasteiger partial charge in [-0.2, -0.15) is 0 Å². The normalized spacial score (nSPS) is 17.6. The van der Waals surface area contributed by atoms with E-state index in [-0.39, 0.29) is 5.57 Å². The van der Waals surface area contributed by atoms with Gasteiger partial charge in [0.15, 0.2) is 17.3 Å². The summed E-state index contributed by atoms with van der Waals surface area (Å²) in [5.74, 6) is -0.438. The van der Waals surface area contributed by atoms with Gasteiger partial charge in [0.1, 0.15) is 5.01 Å². The Morgan fingerprint density at radius 3 is 2.33 bits per heavy atom. The van der Waals surface area contributed by atoms with Crippen molar-refractivity contribution in [1.82, 2.24) is 14.8 Å². The molecule has 3 aromatic rings. The summed E-state index contributed by atoms with van der Waals surface area (Å²) < 4.78 is 22.1. The molecule has 0 aliphatic carbocycles. The van der Waals surface area contributed by atoms with E-state index in [9.17, 15) is 14.7 Å². The zero-order chi connectivity index (χ0) is 29.8. The standard InChI is InChI=1S/C31H35N3O7S/c1-19-29(42-30(32-19)20-9-6-5-7-10-20)26(35)24-25(21-17-22(38-2)28(40-4)23(18-21)39-3)34(31(37)27(24)36)12-8-11-33-13-15-41-16-14-33/h5-7,9-10,17-18,25,36H,8,11-16H2,1-4H3. The smallest absolute Gasteiger partial charge is 0.290 e. The summed E-state index contributed by atoms with van der Waals surface area (Å²) in [6, 6.07) is 12.2. The topological polar surface area (TPSA) is 111 Å². The molecule has 1 aromatic heterocycles. The molecule has 0 radical (unpaired) electrons. The first-order valence-corrected chi connectivity index (χ1v) is 14.6. The van der Waals surface area contributed by atoms with E-state index in [0.29, 0.717) is 64.6 Å². The molecule has 5 rings (SSSR count). The van der Waals surface area contributed by atoms with Gasteiger partial charge in [-0.25, -0.2) is 4.98 Å². The molecule has 1 unspecified atom stereocenters. The fourth-order valence-corrected chi connectivity index (χ4v) is 6.47. The molecular formula is C31H35N3O7S. The van der Waals surface area contributed by atoms with Gasteiger partial charge in [-0.1, -0.05) is 30.3 Å². The van der Waals surface area contributed by atoms with Crippen molar-refractivity contribution in [1.29, 1.82) is 0 Å². The zero-order valence-corrected chi connectivity index (χ0v) is 25.0. The summed E-state index contributed by atoms with van der Waals surface area (Å²) in [6.45, 7) is 5.85. The summed E-state index contributed by atoms with van der Waals surface area (Å²) in [4.78, 5) is 36.7. The summed E-state index contributed by atoms with van der Waals surface area (Å²) in [5.41, 5.74) is 1.98. The van der Waals surface area contributed by atoms with Crippen LogP contribution in [0.1, 0.15) is 33.4 Å². The van der Waals surface area contributed by atoms with Crippen molar-refractivity contribution in [2.24, 2.45) is 0 Å². The van der Waals surface area contributed by atoms with E-state index in [1.807, 2.05) is 30.3 Å². The van der Waals surface area contributed by atoms with E-state index < -0.39 is 23.5 Å². The monoisotopic (exact) mass is 593 g/mol. The van der Waals surface area contributed by atoms with Gasteiger partial charge >= 0.3 is 0 Å². The first-order valence-electron chi connectivity index (χ1n) is 13.8. The number of rotatable bonds is 11. The molecule has 0 bridgehead atoms. The molecule has 42 heavy (non-hydrogen) atoms. The zero-order valence-electron chi connectivity index (χ0n) is 24.2. The Balaban J connectivity index is 1.54. The fraction of sp³-hybridized carbons (Fsp3) is 0.387. The van der Waals surface area contributed by atoms with Crippen LogP contribution in [0.2, 0.25) is 0 Å². The van der Waals surface area contributed by atoms with Crippen LogP contribution in [-0.4, -0.2) is 92.3 Å². The van der Waals surface area contributed by atoms with Crippen LogP contribution in [0.25, 0.3) is 10.6 Å². The minimum atomic E-state index is -0.870. The first-order chi connectivity index (χ1) is 20.4. The molecule has 2 aliphatic rings. The first kappa shape index (κ1) is 29.6. The second kappa shape index (κ2) is 12.9. The van der Waals surface area contributed by atoms with Gasteiger partial charge < -0.3 is 29.0 Å². The van der Waals surface area contributed by atoms with E-state index in [4.69, 9.17) is 18.9 Å². The number of hydrogen-bond donors (Lipinski definition) is 1. The molecular weight excluding hydrogens is 558 g/mol. The number of aromatic nitrogens is 1. The fourth-order valence-electron chi connectivity index (χ4n) is 5.45. The minimum absolute atomic E-state index is 0.00649. The Morgan fingerprint density at radius 1 is 1.05 bits per heavy atom. The number of ketones is 1. The van der Waals surface area contributed by atoms with E-state index in [0.717, 1.165) is 25.2 Å². The number of ether oxygens (including phenoxy) is 4. The number of carbonyl (C=O) groups excluding carboxylic acids is 2. The van der Waals surface area contributed by atoms with Crippen LogP contribution in [0.15, 0.2) is 53.8 Å². The molecule has 222 valence electrons. The highest BCUT2D eigenvalue weighted by Crippen LogP contribution is 2.46. The second-order valence-electron chi connectivity index (χ2n) is 10.1. The molecule has 2 aliphatic heterocycles. The number of aliphatic hydroxyl groups is 1. The number of Topliss-reactive ketones (excluding diaryl/α,β-unsaturated/α-hetero) is 1. The Morgan fingerprint density at radius 2 is 1.71 bits per heavy atom. The van der Waals surface area contributed by atoms with Gasteiger partial charge in [0, 0.05) is 31.7 Å². The molecule has 3 heterocycles. The summed E-state index contributed by atoms with van der Waals surface area (Å²) in [7, 11) is 4.52. The number of aliphatic hydroxyl groups excluding tert-OH is 1. The Kier molecular flexibility index (Phi) is 9.10. The van der Waals surface area contributed by atoms with Crippen molar-refractivity contribution < 1.29 is 33.6 Å². The maximum absolute atomic E-state index is 14.2. The number of amides is 1.